The maximum Gasteiger partial charge on any atom is 0.305 e. The molecule has 0 aromatic heterocycles. The first-order chi connectivity index (χ1) is 8.85. The van der Waals surface area contributed by atoms with Gasteiger partial charge in [-0.05, 0) is 18.6 Å². The van der Waals surface area contributed by atoms with E-state index in [1.165, 1.54) is 7.11 Å². The molecule has 0 saturated heterocycles. The van der Waals surface area contributed by atoms with Crippen molar-refractivity contribution < 1.29 is 26.7 Å². The highest BCUT2D eigenvalue weighted by Crippen LogP contribution is 2.19. The van der Waals surface area contributed by atoms with Gasteiger partial charge < -0.3 is 4.74 Å². The predicted octanol–water partition coefficient (Wildman–Crippen LogP) is 1.66. The van der Waals surface area contributed by atoms with E-state index in [-0.39, 0.29) is 12.8 Å². The van der Waals surface area contributed by atoms with Gasteiger partial charge in [-0.1, -0.05) is 6.07 Å². The minimum absolute atomic E-state index is 0.00191. The van der Waals surface area contributed by atoms with E-state index in [9.17, 15) is 22.0 Å². The van der Waals surface area contributed by atoms with Gasteiger partial charge in [0.15, 0.2) is 0 Å². The molecular formula is C11H13F2NO4S. The molecule has 0 spiro atoms. The fraction of sp³-hybridized carbons (Fsp3) is 0.364. The third kappa shape index (κ3) is 4.82. The number of anilines is 1. The SMILES string of the molecule is COC(=O)CCCS(=O)(=O)Nc1c(F)cccc1F. The van der Waals surface area contributed by atoms with Crippen LogP contribution in [0.3, 0.4) is 0 Å². The molecule has 1 N–H and O–H groups in total. The van der Waals surface area contributed by atoms with Gasteiger partial charge in [0.1, 0.15) is 17.3 Å². The number of benzene rings is 1. The average molecular weight is 293 g/mol. The van der Waals surface area contributed by atoms with E-state index in [2.05, 4.69) is 4.74 Å². The van der Waals surface area contributed by atoms with E-state index in [1.54, 1.807) is 0 Å². The second-order valence-corrected chi connectivity index (χ2v) is 5.54. The Morgan fingerprint density at radius 1 is 1.32 bits per heavy atom. The zero-order valence-electron chi connectivity index (χ0n) is 10.2. The Labute approximate surface area is 109 Å². The van der Waals surface area contributed by atoms with Crippen LogP contribution in [0.4, 0.5) is 14.5 Å². The molecule has 0 aliphatic rings. The number of methoxy groups -OCH3 is 1. The van der Waals surface area contributed by atoms with Gasteiger partial charge in [-0.3, -0.25) is 9.52 Å². The number of esters is 1. The molecule has 1 aromatic carbocycles. The number of carbonyl (C=O) groups is 1. The number of sulfonamides is 1. The predicted molar refractivity (Wildman–Crippen MR) is 65.0 cm³/mol. The molecule has 5 nitrogen and oxygen atoms in total. The molecule has 0 aliphatic heterocycles. The van der Waals surface area contributed by atoms with E-state index in [1.807, 2.05) is 4.72 Å². The third-order valence-electron chi connectivity index (χ3n) is 2.24. The van der Waals surface area contributed by atoms with Crippen LogP contribution in [0.15, 0.2) is 18.2 Å². The van der Waals surface area contributed by atoms with E-state index in [4.69, 9.17) is 0 Å². The first kappa shape index (κ1) is 15.4. The summed E-state index contributed by atoms with van der Waals surface area (Å²) in [4.78, 5) is 10.8. The van der Waals surface area contributed by atoms with Crippen molar-refractivity contribution in [3.63, 3.8) is 0 Å². The summed E-state index contributed by atoms with van der Waals surface area (Å²) in [7, 11) is -2.74. The number of nitrogens with one attached hydrogen (secondary N) is 1. The van der Waals surface area contributed by atoms with Gasteiger partial charge >= 0.3 is 5.97 Å². The van der Waals surface area contributed by atoms with E-state index in [0.717, 1.165) is 18.2 Å². The van der Waals surface area contributed by atoms with Crippen LogP contribution in [0.5, 0.6) is 0 Å². The van der Waals surface area contributed by atoms with Gasteiger partial charge in [-0.2, -0.15) is 0 Å². The standard InChI is InChI=1S/C11H13F2NO4S/c1-18-10(15)6-3-7-19(16,17)14-11-8(12)4-2-5-9(11)13/h2,4-5,14H,3,6-7H2,1H3. The number of ether oxygens (including phenoxy) is 1. The molecule has 0 aliphatic carbocycles. The molecule has 0 bridgehead atoms. The molecule has 8 heteroatoms. The van der Waals surface area contributed by atoms with E-state index >= 15 is 0 Å². The fourth-order valence-electron chi connectivity index (χ4n) is 1.31. The highest BCUT2D eigenvalue weighted by molar-refractivity contribution is 7.92. The smallest absolute Gasteiger partial charge is 0.305 e. The Hall–Kier alpha value is -1.70. The number of carbonyl (C=O) groups excluding carboxylic acids is 1. The zero-order chi connectivity index (χ0) is 14.5. The molecule has 0 saturated carbocycles. The highest BCUT2D eigenvalue weighted by atomic mass is 32.2. The Bertz CT molecular complexity index is 540. The molecule has 106 valence electrons. The molecule has 1 rings (SSSR count). The van der Waals surface area contributed by atoms with Crippen molar-refractivity contribution in [3.05, 3.63) is 29.8 Å². The first-order valence-electron chi connectivity index (χ1n) is 5.37. The van der Waals surface area contributed by atoms with Crippen LogP contribution in [0, 0.1) is 11.6 Å². The van der Waals surface area contributed by atoms with Crippen LogP contribution in [-0.4, -0.2) is 27.2 Å². The maximum atomic E-state index is 13.2. The Balaban J connectivity index is 2.67. The van der Waals surface area contributed by atoms with Crippen molar-refractivity contribution in [2.75, 3.05) is 17.6 Å². The van der Waals surface area contributed by atoms with Crippen molar-refractivity contribution in [3.8, 4) is 0 Å². The normalized spacial score (nSPS) is 11.1. The van der Waals surface area contributed by atoms with Crippen molar-refractivity contribution >= 4 is 21.7 Å². The van der Waals surface area contributed by atoms with Gasteiger partial charge in [-0.15, -0.1) is 0 Å². The monoisotopic (exact) mass is 293 g/mol. The van der Waals surface area contributed by atoms with Crippen LogP contribution in [0.1, 0.15) is 12.8 Å². The van der Waals surface area contributed by atoms with Gasteiger partial charge in [0, 0.05) is 6.42 Å². The lowest BCUT2D eigenvalue weighted by atomic mass is 10.3. The maximum absolute atomic E-state index is 13.2. The van der Waals surface area contributed by atoms with Crippen LogP contribution >= 0.6 is 0 Å². The highest BCUT2D eigenvalue weighted by Gasteiger charge is 2.17. The summed E-state index contributed by atoms with van der Waals surface area (Å²) in [5, 5.41) is 0. The van der Waals surface area contributed by atoms with Crippen molar-refractivity contribution in [2.24, 2.45) is 0 Å². The van der Waals surface area contributed by atoms with Gasteiger partial charge in [0.25, 0.3) is 0 Å². The summed E-state index contributed by atoms with van der Waals surface area (Å²) in [6.07, 6.45) is -0.0881. The van der Waals surface area contributed by atoms with Gasteiger partial charge in [-0.25, -0.2) is 17.2 Å². The topological polar surface area (TPSA) is 72.5 Å². The van der Waals surface area contributed by atoms with Crippen LogP contribution < -0.4 is 4.72 Å². The Kier molecular flexibility index (Phi) is 5.22. The summed E-state index contributed by atoms with van der Waals surface area (Å²) in [5.41, 5.74) is -0.722. The summed E-state index contributed by atoms with van der Waals surface area (Å²) >= 11 is 0. The summed E-state index contributed by atoms with van der Waals surface area (Å²) in [5.74, 6) is -2.99. The van der Waals surface area contributed by atoms with Gasteiger partial charge in [0.05, 0.1) is 12.9 Å². The molecule has 19 heavy (non-hydrogen) atoms. The molecule has 0 heterocycles. The second-order valence-electron chi connectivity index (χ2n) is 3.70. The molecule has 0 radical (unpaired) electrons. The minimum Gasteiger partial charge on any atom is -0.469 e. The van der Waals surface area contributed by atoms with Crippen LogP contribution in [0.25, 0.3) is 0 Å². The fourth-order valence-corrected chi connectivity index (χ4v) is 2.44. The van der Waals surface area contributed by atoms with Crippen molar-refractivity contribution in [1.29, 1.82) is 0 Å². The number of rotatable bonds is 6. The number of hydrogen-bond acceptors (Lipinski definition) is 4. The van der Waals surface area contributed by atoms with Crippen LogP contribution in [-0.2, 0) is 19.6 Å². The second kappa shape index (κ2) is 6.46. The van der Waals surface area contributed by atoms with E-state index in [0.29, 0.717) is 0 Å². The lowest BCUT2D eigenvalue weighted by molar-refractivity contribution is -0.140. The first-order valence-corrected chi connectivity index (χ1v) is 7.02. The number of hydrogen-bond donors (Lipinski definition) is 1. The summed E-state index contributed by atoms with van der Waals surface area (Å²) in [6, 6.07) is 3.00. The van der Waals surface area contributed by atoms with Crippen molar-refractivity contribution in [1.82, 2.24) is 0 Å². The molecular weight excluding hydrogens is 280 g/mol. The van der Waals surface area contributed by atoms with Crippen molar-refractivity contribution in [2.45, 2.75) is 12.8 Å². The molecule has 0 unspecified atom stereocenters. The molecule has 0 amide bonds. The lowest BCUT2D eigenvalue weighted by Gasteiger charge is -2.09. The number of halogens is 2. The molecule has 0 fully saturated rings. The Morgan fingerprint density at radius 3 is 2.42 bits per heavy atom. The molecule has 1 aromatic rings. The minimum atomic E-state index is -3.92. The zero-order valence-corrected chi connectivity index (χ0v) is 11.0. The van der Waals surface area contributed by atoms with Gasteiger partial charge in [0.2, 0.25) is 10.0 Å². The van der Waals surface area contributed by atoms with Crippen LogP contribution in [0.2, 0.25) is 0 Å². The largest absolute Gasteiger partial charge is 0.469 e. The third-order valence-corrected chi connectivity index (χ3v) is 3.58. The Morgan fingerprint density at radius 2 is 1.89 bits per heavy atom. The summed E-state index contributed by atoms with van der Waals surface area (Å²) < 4.78 is 55.8. The average Bonchev–Trinajstić information content (AvgIpc) is 2.33. The molecule has 0 atom stereocenters. The lowest BCUT2D eigenvalue weighted by Crippen LogP contribution is -2.19. The van der Waals surface area contributed by atoms with E-state index < -0.39 is 39.1 Å². The quantitative estimate of drug-likeness (QED) is 0.810. The number of para-hydroxylation sites is 1. The summed E-state index contributed by atoms with van der Waals surface area (Å²) in [6.45, 7) is 0.